The number of fused-ring (bicyclic) bond motifs is 1. The molecule has 0 amide bonds. The number of aromatic amines is 2. The molecule has 25 heavy (non-hydrogen) atoms. The molecule has 0 aromatic carbocycles. The third-order valence-electron chi connectivity index (χ3n) is 3.59. The van der Waals surface area contributed by atoms with Crippen LogP contribution in [0.5, 0.6) is 5.88 Å². The SMILES string of the molecule is Cn1c(=O)c2c(nc(N=Nc3c(O)[nH]c(=O)[nH]c3=O)n2C)n(C)c1=O. The first-order valence-corrected chi connectivity index (χ1v) is 6.82. The number of aryl methyl sites for hydroxylation is 2. The number of aromatic hydroxyl groups is 1. The first-order valence-electron chi connectivity index (χ1n) is 6.82. The molecule has 0 atom stereocenters. The van der Waals surface area contributed by atoms with E-state index in [1.807, 2.05) is 9.97 Å². The van der Waals surface area contributed by atoms with Crippen LogP contribution in [-0.2, 0) is 21.1 Å². The Labute approximate surface area is 136 Å². The van der Waals surface area contributed by atoms with E-state index in [1.54, 1.807) is 0 Å². The van der Waals surface area contributed by atoms with Gasteiger partial charge in [0.1, 0.15) is 0 Å². The van der Waals surface area contributed by atoms with Crippen LogP contribution in [0, 0.1) is 0 Å². The van der Waals surface area contributed by atoms with Crippen LogP contribution < -0.4 is 22.5 Å². The number of nitrogens with zero attached hydrogens (tertiary/aromatic N) is 6. The minimum absolute atomic E-state index is 0.0849. The zero-order valence-corrected chi connectivity index (χ0v) is 13.3. The van der Waals surface area contributed by atoms with E-state index in [2.05, 4.69) is 15.2 Å². The van der Waals surface area contributed by atoms with Gasteiger partial charge in [0.15, 0.2) is 11.2 Å². The molecule has 0 bridgehead atoms. The molecule has 3 aromatic rings. The van der Waals surface area contributed by atoms with Gasteiger partial charge < -0.3 is 9.67 Å². The second-order valence-electron chi connectivity index (χ2n) is 5.15. The normalized spacial score (nSPS) is 11.6. The van der Waals surface area contributed by atoms with Crippen molar-refractivity contribution in [2.24, 2.45) is 31.4 Å². The summed E-state index contributed by atoms with van der Waals surface area (Å²) in [5.41, 5.74) is -3.32. The molecule has 0 aliphatic carbocycles. The van der Waals surface area contributed by atoms with E-state index in [-0.39, 0.29) is 17.1 Å². The molecule has 3 N–H and O–H groups in total. The smallest absolute Gasteiger partial charge is 0.332 e. The summed E-state index contributed by atoms with van der Waals surface area (Å²) >= 11 is 0. The number of rotatable bonds is 2. The molecule has 0 unspecified atom stereocenters. The molecule has 0 saturated heterocycles. The average Bonchev–Trinajstić information content (AvgIpc) is 2.87. The summed E-state index contributed by atoms with van der Waals surface area (Å²) in [7, 11) is 4.25. The molecule has 3 rings (SSSR count). The minimum Gasteiger partial charge on any atom is -0.493 e. The number of hydrogen-bond acceptors (Lipinski definition) is 8. The number of nitrogens with one attached hydrogen (secondary N) is 2. The maximum Gasteiger partial charge on any atom is 0.332 e. The van der Waals surface area contributed by atoms with Gasteiger partial charge in [-0.2, -0.15) is 4.98 Å². The van der Waals surface area contributed by atoms with Crippen LogP contribution in [0.1, 0.15) is 0 Å². The lowest BCUT2D eigenvalue weighted by atomic mass is 10.5. The largest absolute Gasteiger partial charge is 0.493 e. The molecule has 13 heteroatoms. The van der Waals surface area contributed by atoms with Gasteiger partial charge in [-0.25, -0.2) is 9.59 Å². The van der Waals surface area contributed by atoms with Crippen LogP contribution >= 0.6 is 0 Å². The van der Waals surface area contributed by atoms with Crippen molar-refractivity contribution in [3.8, 4) is 5.88 Å². The van der Waals surface area contributed by atoms with E-state index < -0.39 is 34.1 Å². The van der Waals surface area contributed by atoms with Crippen molar-refractivity contribution >= 4 is 22.8 Å². The van der Waals surface area contributed by atoms with Crippen LogP contribution in [0.2, 0.25) is 0 Å². The Hall–Kier alpha value is -3.77. The maximum atomic E-state index is 12.2. The molecule has 130 valence electrons. The van der Waals surface area contributed by atoms with Gasteiger partial charge in [-0.1, -0.05) is 0 Å². The van der Waals surface area contributed by atoms with Gasteiger partial charge in [-0.05, 0) is 0 Å². The Kier molecular flexibility index (Phi) is 3.48. The second kappa shape index (κ2) is 5.40. The highest BCUT2D eigenvalue weighted by Gasteiger charge is 2.17. The van der Waals surface area contributed by atoms with E-state index in [9.17, 15) is 24.3 Å². The number of azo groups is 1. The van der Waals surface area contributed by atoms with Gasteiger partial charge in [0, 0.05) is 21.1 Å². The van der Waals surface area contributed by atoms with Crippen LogP contribution in [-0.4, -0.2) is 33.8 Å². The lowest BCUT2D eigenvalue weighted by molar-refractivity contribution is 0.450. The van der Waals surface area contributed by atoms with Gasteiger partial charge in [0.2, 0.25) is 11.6 Å². The first-order chi connectivity index (χ1) is 11.7. The average molecular weight is 348 g/mol. The first kappa shape index (κ1) is 16.1. The minimum atomic E-state index is -0.952. The van der Waals surface area contributed by atoms with Gasteiger partial charge in [-0.3, -0.25) is 28.7 Å². The van der Waals surface area contributed by atoms with Crippen LogP contribution in [0.3, 0.4) is 0 Å². The monoisotopic (exact) mass is 348 g/mol. The molecule has 0 fully saturated rings. The highest BCUT2D eigenvalue weighted by Crippen LogP contribution is 2.21. The van der Waals surface area contributed by atoms with Crippen LogP contribution in [0.15, 0.2) is 29.4 Å². The van der Waals surface area contributed by atoms with Crippen molar-refractivity contribution in [1.29, 1.82) is 0 Å². The molecule has 3 heterocycles. The van der Waals surface area contributed by atoms with E-state index in [4.69, 9.17) is 0 Å². The maximum absolute atomic E-state index is 12.2. The van der Waals surface area contributed by atoms with E-state index >= 15 is 0 Å². The van der Waals surface area contributed by atoms with Crippen molar-refractivity contribution in [2.45, 2.75) is 0 Å². The van der Waals surface area contributed by atoms with E-state index in [0.29, 0.717) is 0 Å². The quantitative estimate of drug-likeness (QED) is 0.474. The predicted molar refractivity (Wildman–Crippen MR) is 84.7 cm³/mol. The Morgan fingerprint density at radius 1 is 0.960 bits per heavy atom. The molecular formula is C12H12N8O5. The number of imidazole rings is 1. The third kappa shape index (κ3) is 2.37. The lowest BCUT2D eigenvalue weighted by Crippen LogP contribution is -2.37. The summed E-state index contributed by atoms with van der Waals surface area (Å²) < 4.78 is 3.38. The highest BCUT2D eigenvalue weighted by molar-refractivity contribution is 5.73. The molecule has 0 radical (unpaired) electrons. The molecular weight excluding hydrogens is 336 g/mol. The second-order valence-corrected chi connectivity index (χ2v) is 5.15. The topological polar surface area (TPSA) is 172 Å². The van der Waals surface area contributed by atoms with Gasteiger partial charge in [-0.15, -0.1) is 10.2 Å². The predicted octanol–water partition coefficient (Wildman–Crippen LogP) is -1.53. The fourth-order valence-electron chi connectivity index (χ4n) is 2.25. The molecule has 13 nitrogen and oxygen atoms in total. The summed E-state index contributed by atoms with van der Waals surface area (Å²) in [6, 6.07) is 0. The standard InChI is InChI=1S/C12H12N8O5/c1-18-5-6(19(2)12(25)20(3)9(5)23)13-10(18)17-16-4-7(21)14-11(24)15-8(4)22/h1-3H3,(H3,14,15,21,22,24). The zero-order chi connectivity index (χ0) is 18.5. The zero-order valence-electron chi connectivity index (χ0n) is 13.3. The number of H-pyrrole nitrogens is 2. The van der Waals surface area contributed by atoms with Crippen molar-refractivity contribution in [3.63, 3.8) is 0 Å². The van der Waals surface area contributed by atoms with Crippen molar-refractivity contribution in [1.82, 2.24) is 28.7 Å². The number of aromatic nitrogens is 6. The Morgan fingerprint density at radius 2 is 1.64 bits per heavy atom. The van der Waals surface area contributed by atoms with Gasteiger partial charge in [0.25, 0.3) is 17.1 Å². The van der Waals surface area contributed by atoms with Crippen LogP contribution in [0.25, 0.3) is 11.2 Å². The van der Waals surface area contributed by atoms with Gasteiger partial charge >= 0.3 is 11.4 Å². The Balaban J connectivity index is 2.24. The molecule has 3 aromatic heterocycles. The third-order valence-corrected chi connectivity index (χ3v) is 3.59. The van der Waals surface area contributed by atoms with Crippen molar-refractivity contribution < 1.29 is 5.11 Å². The lowest BCUT2D eigenvalue weighted by Gasteiger charge is -2.02. The van der Waals surface area contributed by atoms with E-state index in [1.165, 1.54) is 30.3 Å². The molecule has 0 aliphatic heterocycles. The molecule has 0 saturated carbocycles. The summed E-state index contributed by atoms with van der Waals surface area (Å²) in [5.74, 6) is -0.849. The Bertz CT molecular complexity index is 1270. The van der Waals surface area contributed by atoms with Crippen LogP contribution in [0.4, 0.5) is 11.6 Å². The summed E-state index contributed by atoms with van der Waals surface area (Å²) in [5, 5.41) is 16.8. The fourth-order valence-corrected chi connectivity index (χ4v) is 2.25. The Morgan fingerprint density at radius 3 is 2.28 bits per heavy atom. The van der Waals surface area contributed by atoms with Crippen molar-refractivity contribution in [3.05, 3.63) is 41.7 Å². The summed E-state index contributed by atoms with van der Waals surface area (Å²) in [6.07, 6.45) is 0. The number of hydrogen-bond donors (Lipinski definition) is 3. The van der Waals surface area contributed by atoms with Gasteiger partial charge in [0.05, 0.1) is 0 Å². The molecule has 0 spiro atoms. The molecule has 0 aliphatic rings. The van der Waals surface area contributed by atoms with E-state index in [0.717, 1.165) is 4.57 Å². The summed E-state index contributed by atoms with van der Waals surface area (Å²) in [4.78, 5) is 54.7. The summed E-state index contributed by atoms with van der Waals surface area (Å²) in [6.45, 7) is 0. The van der Waals surface area contributed by atoms with Crippen molar-refractivity contribution in [2.75, 3.05) is 0 Å². The highest BCUT2D eigenvalue weighted by atomic mass is 16.3. The fraction of sp³-hybridized carbons (Fsp3) is 0.250.